The molecule has 0 radical (unpaired) electrons. The van der Waals surface area contributed by atoms with Crippen LogP contribution in [0.25, 0.3) is 33.1 Å². The van der Waals surface area contributed by atoms with Crippen molar-refractivity contribution < 1.29 is 9.53 Å². The molecule has 0 bridgehead atoms. The maximum atomic E-state index is 12.7. The number of ether oxygens (including phenoxy) is 1. The molecule has 4 rings (SSSR count). The van der Waals surface area contributed by atoms with Gasteiger partial charge in [0.15, 0.2) is 0 Å². The first-order valence-electron chi connectivity index (χ1n) is 9.55. The van der Waals surface area contributed by atoms with E-state index in [1.54, 1.807) is 7.11 Å². The Kier molecular flexibility index (Phi) is 4.98. The maximum Gasteiger partial charge on any atom is 0.269 e. The third-order valence-corrected chi connectivity index (χ3v) is 4.91. The number of unbranched alkanes of at least 4 members (excludes halogenated alkanes) is 1. The van der Waals surface area contributed by atoms with Crippen LogP contribution in [0.15, 0.2) is 54.6 Å². The molecule has 0 atom stereocenters. The highest BCUT2D eigenvalue weighted by molar-refractivity contribution is 6.13. The Morgan fingerprint density at radius 1 is 1.11 bits per heavy atom. The van der Waals surface area contributed by atoms with Crippen LogP contribution in [0.4, 0.5) is 0 Å². The van der Waals surface area contributed by atoms with Gasteiger partial charge >= 0.3 is 0 Å². The number of hydrogen-bond donors (Lipinski definition) is 2. The van der Waals surface area contributed by atoms with Crippen LogP contribution >= 0.6 is 0 Å². The summed E-state index contributed by atoms with van der Waals surface area (Å²) in [4.78, 5) is 20.9. The fourth-order valence-electron chi connectivity index (χ4n) is 3.39. The van der Waals surface area contributed by atoms with E-state index >= 15 is 0 Å². The largest absolute Gasteiger partial charge is 0.497 e. The van der Waals surface area contributed by atoms with Crippen molar-refractivity contribution in [2.45, 2.75) is 19.8 Å². The quantitative estimate of drug-likeness (QED) is 0.471. The topological polar surface area (TPSA) is 67.0 Å². The van der Waals surface area contributed by atoms with Crippen LogP contribution in [0.2, 0.25) is 0 Å². The lowest BCUT2D eigenvalue weighted by Crippen LogP contribution is -2.25. The second-order valence-electron chi connectivity index (χ2n) is 6.79. The smallest absolute Gasteiger partial charge is 0.269 e. The van der Waals surface area contributed by atoms with Gasteiger partial charge in [-0.2, -0.15) is 0 Å². The number of pyridine rings is 1. The van der Waals surface area contributed by atoms with Gasteiger partial charge in [0.05, 0.1) is 18.3 Å². The van der Waals surface area contributed by atoms with Crippen LogP contribution in [0.5, 0.6) is 5.75 Å². The second kappa shape index (κ2) is 7.72. The number of aromatic nitrogens is 2. The summed E-state index contributed by atoms with van der Waals surface area (Å²) in [5.74, 6) is 0.639. The number of benzene rings is 2. The molecule has 0 unspecified atom stereocenters. The molecule has 0 spiro atoms. The number of amides is 1. The first-order valence-corrected chi connectivity index (χ1v) is 9.55. The zero-order chi connectivity index (χ0) is 19.5. The van der Waals surface area contributed by atoms with Crippen LogP contribution in [0, 0.1) is 0 Å². The summed E-state index contributed by atoms with van der Waals surface area (Å²) >= 11 is 0. The predicted octanol–water partition coefficient (Wildman–Crippen LogP) is 4.92. The van der Waals surface area contributed by atoms with Gasteiger partial charge in [-0.3, -0.25) is 4.79 Å². The lowest BCUT2D eigenvalue weighted by Gasteiger charge is -2.09. The van der Waals surface area contributed by atoms with Crippen LogP contribution in [-0.4, -0.2) is 29.5 Å². The third kappa shape index (κ3) is 3.31. The van der Waals surface area contributed by atoms with Gasteiger partial charge in [-0.25, -0.2) is 4.98 Å². The Morgan fingerprint density at radius 3 is 2.64 bits per heavy atom. The second-order valence-corrected chi connectivity index (χ2v) is 6.79. The highest BCUT2D eigenvalue weighted by Crippen LogP contribution is 2.33. The molecule has 4 aromatic rings. The molecular weight excluding hydrogens is 350 g/mol. The first kappa shape index (κ1) is 18.0. The van der Waals surface area contributed by atoms with Crippen molar-refractivity contribution in [3.63, 3.8) is 0 Å². The fraction of sp³-hybridized carbons (Fsp3) is 0.217. The number of hydrogen-bond acceptors (Lipinski definition) is 3. The van der Waals surface area contributed by atoms with Gasteiger partial charge in [0.1, 0.15) is 11.4 Å². The zero-order valence-electron chi connectivity index (χ0n) is 16.1. The summed E-state index contributed by atoms with van der Waals surface area (Å²) in [6.07, 6.45) is 1.98. The SMILES string of the molecule is CCCCNC(=O)c1cc2c([nH]c3ccccc32)c(-c2ccc(OC)cc2)n1. The Balaban J connectivity index is 1.88. The van der Waals surface area contributed by atoms with Crippen molar-refractivity contribution in [2.75, 3.05) is 13.7 Å². The number of fused-ring (bicyclic) bond motifs is 3. The number of H-pyrrole nitrogens is 1. The third-order valence-electron chi connectivity index (χ3n) is 4.91. The Labute approximate surface area is 163 Å². The summed E-state index contributed by atoms with van der Waals surface area (Å²) in [7, 11) is 1.64. The number of rotatable bonds is 6. The number of methoxy groups -OCH3 is 1. The van der Waals surface area contributed by atoms with Gasteiger partial charge < -0.3 is 15.0 Å². The summed E-state index contributed by atoms with van der Waals surface area (Å²) in [5, 5.41) is 5.05. The molecule has 0 aliphatic rings. The van der Waals surface area contributed by atoms with E-state index in [-0.39, 0.29) is 5.91 Å². The number of nitrogens with zero attached hydrogens (tertiary/aromatic N) is 1. The van der Waals surface area contributed by atoms with E-state index in [4.69, 9.17) is 9.72 Å². The molecule has 0 saturated heterocycles. The van der Waals surface area contributed by atoms with Gasteiger partial charge in [-0.15, -0.1) is 0 Å². The summed E-state index contributed by atoms with van der Waals surface area (Å²) < 4.78 is 5.27. The molecule has 2 heterocycles. The van der Waals surface area contributed by atoms with E-state index in [1.165, 1.54) is 0 Å². The van der Waals surface area contributed by atoms with E-state index in [0.717, 1.165) is 51.7 Å². The normalized spacial score (nSPS) is 11.1. The van der Waals surface area contributed by atoms with Crippen molar-refractivity contribution >= 4 is 27.7 Å². The standard InChI is InChI=1S/C23H23N3O2/c1-3-4-13-24-23(27)20-14-18-17-7-5-6-8-19(17)25-22(18)21(26-20)15-9-11-16(28-2)12-10-15/h5-12,14,25H,3-4,13H2,1-2H3,(H,24,27). The Hall–Kier alpha value is -3.34. The van der Waals surface area contributed by atoms with Gasteiger partial charge in [-0.05, 0) is 42.8 Å². The van der Waals surface area contributed by atoms with Crippen molar-refractivity contribution in [1.82, 2.24) is 15.3 Å². The van der Waals surface area contributed by atoms with Gasteiger partial charge in [0, 0.05) is 28.4 Å². The van der Waals surface area contributed by atoms with E-state index in [1.807, 2.05) is 48.5 Å². The summed E-state index contributed by atoms with van der Waals surface area (Å²) in [6.45, 7) is 2.75. The lowest BCUT2D eigenvalue weighted by molar-refractivity contribution is 0.0948. The molecule has 1 amide bonds. The van der Waals surface area contributed by atoms with E-state index in [9.17, 15) is 4.79 Å². The van der Waals surface area contributed by atoms with Crippen molar-refractivity contribution in [3.8, 4) is 17.0 Å². The monoisotopic (exact) mass is 373 g/mol. The number of nitrogens with one attached hydrogen (secondary N) is 2. The van der Waals surface area contributed by atoms with Crippen LogP contribution < -0.4 is 10.1 Å². The highest BCUT2D eigenvalue weighted by atomic mass is 16.5. The summed E-state index contributed by atoms with van der Waals surface area (Å²) in [6, 6.07) is 17.7. The highest BCUT2D eigenvalue weighted by Gasteiger charge is 2.16. The molecule has 5 nitrogen and oxygen atoms in total. The number of carbonyl (C=O) groups is 1. The van der Waals surface area contributed by atoms with Gasteiger partial charge in [0.2, 0.25) is 0 Å². The van der Waals surface area contributed by atoms with E-state index < -0.39 is 0 Å². The minimum atomic E-state index is -0.143. The molecule has 5 heteroatoms. The van der Waals surface area contributed by atoms with Gasteiger partial charge in [0.25, 0.3) is 5.91 Å². The Bertz CT molecular complexity index is 1130. The minimum absolute atomic E-state index is 0.143. The van der Waals surface area contributed by atoms with Crippen LogP contribution in [0.1, 0.15) is 30.3 Å². The molecule has 0 fully saturated rings. The van der Waals surface area contributed by atoms with Crippen LogP contribution in [-0.2, 0) is 0 Å². The van der Waals surface area contributed by atoms with Crippen molar-refractivity contribution in [2.24, 2.45) is 0 Å². The number of aromatic amines is 1. The molecule has 0 aliphatic carbocycles. The predicted molar refractivity (Wildman–Crippen MR) is 113 cm³/mol. The molecular formula is C23H23N3O2. The molecule has 0 saturated carbocycles. The minimum Gasteiger partial charge on any atom is -0.497 e. The maximum absolute atomic E-state index is 12.7. The molecule has 28 heavy (non-hydrogen) atoms. The molecule has 2 N–H and O–H groups in total. The average Bonchev–Trinajstić information content (AvgIpc) is 3.12. The number of carbonyl (C=O) groups excluding carboxylic acids is 1. The van der Waals surface area contributed by atoms with E-state index in [2.05, 4.69) is 23.3 Å². The zero-order valence-corrected chi connectivity index (χ0v) is 16.1. The molecule has 142 valence electrons. The lowest BCUT2D eigenvalue weighted by atomic mass is 10.1. The first-order chi connectivity index (χ1) is 13.7. The van der Waals surface area contributed by atoms with E-state index in [0.29, 0.717) is 12.2 Å². The summed E-state index contributed by atoms with van der Waals surface area (Å²) in [5.41, 5.74) is 4.07. The average molecular weight is 373 g/mol. The molecule has 0 aliphatic heterocycles. The van der Waals surface area contributed by atoms with Crippen molar-refractivity contribution in [1.29, 1.82) is 0 Å². The van der Waals surface area contributed by atoms with Crippen molar-refractivity contribution in [3.05, 3.63) is 60.3 Å². The number of para-hydroxylation sites is 1. The Morgan fingerprint density at radius 2 is 1.89 bits per heavy atom. The van der Waals surface area contributed by atoms with Crippen LogP contribution in [0.3, 0.4) is 0 Å². The molecule has 2 aromatic heterocycles. The molecule has 2 aromatic carbocycles. The van der Waals surface area contributed by atoms with Gasteiger partial charge in [-0.1, -0.05) is 31.5 Å². The fourth-order valence-corrected chi connectivity index (χ4v) is 3.39.